The van der Waals surface area contributed by atoms with Crippen LogP contribution in [0.4, 0.5) is 0 Å². The zero-order valence-corrected chi connectivity index (χ0v) is 12.6. The van der Waals surface area contributed by atoms with Gasteiger partial charge in [0.05, 0.1) is 16.6 Å². The number of hydrogen-bond donors (Lipinski definition) is 2. The standard InChI is InChI=1S/C14H20N2O3S/c1-3-4-11-15-8(2)12(20-11)13(17)16-10-6-5-9(7-10)14(18)19/h9-10H,3-7H2,1-2H3,(H,16,17)(H,18,19)/t9-,10+/m1/s1. The maximum Gasteiger partial charge on any atom is 0.306 e. The number of nitrogens with zero attached hydrogens (tertiary/aromatic N) is 1. The van der Waals surface area contributed by atoms with Crippen LogP contribution in [0, 0.1) is 12.8 Å². The smallest absolute Gasteiger partial charge is 0.306 e. The van der Waals surface area contributed by atoms with Crippen molar-refractivity contribution < 1.29 is 14.7 Å². The molecule has 1 amide bonds. The lowest BCUT2D eigenvalue weighted by molar-refractivity contribution is -0.141. The van der Waals surface area contributed by atoms with Gasteiger partial charge < -0.3 is 10.4 Å². The third-order valence-electron chi connectivity index (χ3n) is 3.63. The van der Waals surface area contributed by atoms with Gasteiger partial charge in [-0.3, -0.25) is 9.59 Å². The molecule has 110 valence electrons. The average molecular weight is 296 g/mol. The van der Waals surface area contributed by atoms with Crippen LogP contribution >= 0.6 is 11.3 Å². The lowest BCUT2D eigenvalue weighted by atomic mass is 10.1. The molecule has 2 N–H and O–H groups in total. The molecule has 1 aliphatic carbocycles. The molecule has 0 unspecified atom stereocenters. The first kappa shape index (κ1) is 15.0. The Bertz CT molecular complexity index is 513. The summed E-state index contributed by atoms with van der Waals surface area (Å²) in [4.78, 5) is 28.2. The van der Waals surface area contributed by atoms with Crippen molar-refractivity contribution in [1.29, 1.82) is 0 Å². The molecule has 0 spiro atoms. The van der Waals surface area contributed by atoms with Crippen molar-refractivity contribution in [2.24, 2.45) is 5.92 Å². The van der Waals surface area contributed by atoms with Gasteiger partial charge in [0.1, 0.15) is 4.88 Å². The predicted molar refractivity (Wildman–Crippen MR) is 77.1 cm³/mol. The fourth-order valence-electron chi connectivity index (χ4n) is 2.57. The van der Waals surface area contributed by atoms with Gasteiger partial charge in [-0.2, -0.15) is 0 Å². The van der Waals surface area contributed by atoms with E-state index in [0.29, 0.717) is 17.7 Å². The first-order valence-electron chi connectivity index (χ1n) is 7.01. The lowest BCUT2D eigenvalue weighted by Crippen LogP contribution is -2.33. The fourth-order valence-corrected chi connectivity index (χ4v) is 3.64. The monoisotopic (exact) mass is 296 g/mol. The molecule has 20 heavy (non-hydrogen) atoms. The third-order valence-corrected chi connectivity index (χ3v) is 4.84. The molecule has 1 fully saturated rings. The summed E-state index contributed by atoms with van der Waals surface area (Å²) in [6.07, 6.45) is 3.81. The van der Waals surface area contributed by atoms with E-state index in [0.717, 1.165) is 30.0 Å². The molecule has 6 heteroatoms. The molecular formula is C14H20N2O3S. The first-order valence-corrected chi connectivity index (χ1v) is 7.82. The number of carbonyl (C=O) groups excluding carboxylic acids is 1. The summed E-state index contributed by atoms with van der Waals surface area (Å²) in [5.41, 5.74) is 0.767. The summed E-state index contributed by atoms with van der Waals surface area (Å²) in [7, 11) is 0. The van der Waals surface area contributed by atoms with Crippen LogP contribution in [0.25, 0.3) is 0 Å². The summed E-state index contributed by atoms with van der Waals surface area (Å²) < 4.78 is 0. The SMILES string of the molecule is CCCc1nc(C)c(C(=O)N[C@H]2CC[C@@H](C(=O)O)C2)s1. The molecule has 1 aliphatic rings. The van der Waals surface area contributed by atoms with Crippen molar-refractivity contribution in [2.75, 3.05) is 0 Å². The summed E-state index contributed by atoms with van der Waals surface area (Å²) >= 11 is 1.44. The highest BCUT2D eigenvalue weighted by Crippen LogP contribution is 2.27. The van der Waals surface area contributed by atoms with Gasteiger partial charge in [-0.05, 0) is 39.0 Å². The first-order chi connectivity index (χ1) is 9.51. The molecule has 1 heterocycles. The van der Waals surface area contributed by atoms with Crippen molar-refractivity contribution in [3.63, 3.8) is 0 Å². The summed E-state index contributed by atoms with van der Waals surface area (Å²) in [6.45, 7) is 3.93. The van der Waals surface area contributed by atoms with Crippen molar-refractivity contribution in [3.8, 4) is 0 Å². The Morgan fingerprint density at radius 3 is 2.80 bits per heavy atom. The van der Waals surface area contributed by atoms with E-state index in [1.165, 1.54) is 11.3 Å². The van der Waals surface area contributed by atoms with E-state index in [2.05, 4.69) is 17.2 Å². The second-order valence-corrected chi connectivity index (χ2v) is 6.37. The number of thiazole rings is 1. The molecule has 5 nitrogen and oxygen atoms in total. The molecule has 2 atom stereocenters. The quantitative estimate of drug-likeness (QED) is 0.874. The maximum absolute atomic E-state index is 12.2. The Hall–Kier alpha value is -1.43. The Labute approximate surface area is 122 Å². The maximum atomic E-state index is 12.2. The highest BCUT2D eigenvalue weighted by atomic mass is 32.1. The fraction of sp³-hybridized carbons (Fsp3) is 0.643. The normalized spacial score (nSPS) is 21.9. The Kier molecular flexibility index (Phi) is 4.75. The van der Waals surface area contributed by atoms with Gasteiger partial charge in [-0.25, -0.2) is 4.98 Å². The molecule has 1 saturated carbocycles. The number of amides is 1. The highest BCUT2D eigenvalue weighted by molar-refractivity contribution is 7.13. The van der Waals surface area contributed by atoms with E-state index in [4.69, 9.17) is 5.11 Å². The molecule has 0 aromatic carbocycles. The van der Waals surface area contributed by atoms with Crippen LogP contribution in [0.2, 0.25) is 0 Å². The molecular weight excluding hydrogens is 276 g/mol. The van der Waals surface area contributed by atoms with Crippen LogP contribution in [0.1, 0.15) is 53.0 Å². The number of carboxylic acids is 1. The van der Waals surface area contributed by atoms with Crippen molar-refractivity contribution in [1.82, 2.24) is 10.3 Å². The average Bonchev–Trinajstić information content (AvgIpc) is 2.97. The predicted octanol–water partition coefficient (Wildman–Crippen LogP) is 2.39. The topological polar surface area (TPSA) is 79.3 Å². The number of carboxylic acid groups (broad SMARTS) is 1. The molecule has 0 aliphatic heterocycles. The van der Waals surface area contributed by atoms with Gasteiger partial charge >= 0.3 is 5.97 Å². The van der Waals surface area contributed by atoms with Crippen LogP contribution in [0.15, 0.2) is 0 Å². The molecule has 0 radical (unpaired) electrons. The molecule has 2 rings (SSSR count). The summed E-state index contributed by atoms with van der Waals surface area (Å²) in [5.74, 6) is -1.20. The summed E-state index contributed by atoms with van der Waals surface area (Å²) in [5, 5.41) is 12.9. The van der Waals surface area contributed by atoms with Crippen molar-refractivity contribution in [3.05, 3.63) is 15.6 Å². The molecule has 0 bridgehead atoms. The van der Waals surface area contributed by atoms with E-state index < -0.39 is 5.97 Å². The van der Waals surface area contributed by atoms with Gasteiger partial charge in [-0.1, -0.05) is 6.92 Å². The van der Waals surface area contributed by atoms with Crippen LogP contribution in [0.5, 0.6) is 0 Å². The molecule has 0 saturated heterocycles. The molecule has 1 aromatic heterocycles. The summed E-state index contributed by atoms with van der Waals surface area (Å²) in [6, 6.07) is -0.0280. The van der Waals surface area contributed by atoms with Gasteiger partial charge in [-0.15, -0.1) is 11.3 Å². The second kappa shape index (κ2) is 6.35. The minimum absolute atomic E-state index is 0.0280. The number of aromatic nitrogens is 1. The van der Waals surface area contributed by atoms with Gasteiger partial charge in [0.15, 0.2) is 0 Å². The van der Waals surface area contributed by atoms with E-state index >= 15 is 0 Å². The Morgan fingerprint density at radius 1 is 1.45 bits per heavy atom. The lowest BCUT2D eigenvalue weighted by Gasteiger charge is -2.11. The van der Waals surface area contributed by atoms with Gasteiger partial charge in [0.2, 0.25) is 0 Å². The van der Waals surface area contributed by atoms with Crippen LogP contribution in [0.3, 0.4) is 0 Å². The Balaban J connectivity index is 1.97. The molecule has 1 aromatic rings. The minimum Gasteiger partial charge on any atom is -0.481 e. The number of aliphatic carboxylic acids is 1. The van der Waals surface area contributed by atoms with Crippen LogP contribution in [-0.4, -0.2) is 28.0 Å². The largest absolute Gasteiger partial charge is 0.481 e. The van der Waals surface area contributed by atoms with Crippen molar-refractivity contribution >= 4 is 23.2 Å². The number of nitrogens with one attached hydrogen (secondary N) is 1. The van der Waals surface area contributed by atoms with E-state index in [1.54, 1.807) is 0 Å². The third kappa shape index (κ3) is 3.36. The van der Waals surface area contributed by atoms with E-state index in [-0.39, 0.29) is 17.9 Å². The number of rotatable bonds is 5. The number of aryl methyl sites for hydroxylation is 2. The highest BCUT2D eigenvalue weighted by Gasteiger charge is 2.31. The minimum atomic E-state index is -0.763. The second-order valence-electron chi connectivity index (χ2n) is 5.29. The number of carbonyl (C=O) groups is 2. The van der Waals surface area contributed by atoms with E-state index in [1.807, 2.05) is 6.92 Å². The zero-order valence-electron chi connectivity index (χ0n) is 11.8. The van der Waals surface area contributed by atoms with Crippen molar-refractivity contribution in [2.45, 2.75) is 52.0 Å². The number of hydrogen-bond acceptors (Lipinski definition) is 4. The van der Waals surface area contributed by atoms with Crippen LogP contribution < -0.4 is 5.32 Å². The van der Waals surface area contributed by atoms with E-state index in [9.17, 15) is 9.59 Å². The van der Waals surface area contributed by atoms with Crippen LogP contribution in [-0.2, 0) is 11.2 Å². The van der Waals surface area contributed by atoms with Gasteiger partial charge in [0, 0.05) is 6.04 Å². The zero-order chi connectivity index (χ0) is 14.7. The Morgan fingerprint density at radius 2 is 2.20 bits per heavy atom. The van der Waals surface area contributed by atoms with Gasteiger partial charge in [0.25, 0.3) is 5.91 Å².